The number of aromatic nitrogens is 3. The first kappa shape index (κ1) is 23.8. The van der Waals surface area contributed by atoms with E-state index in [1.165, 1.54) is 12.1 Å². The molecule has 0 fully saturated rings. The van der Waals surface area contributed by atoms with Crippen molar-refractivity contribution in [3.8, 4) is 11.8 Å². The van der Waals surface area contributed by atoms with Gasteiger partial charge in [0.1, 0.15) is 17.6 Å². The molecular formula is C23H11F6N7O. The van der Waals surface area contributed by atoms with Gasteiger partial charge in [-0.3, -0.25) is 9.78 Å². The second-order valence-corrected chi connectivity index (χ2v) is 7.83. The van der Waals surface area contributed by atoms with Gasteiger partial charge in [0.15, 0.2) is 5.69 Å². The Morgan fingerprint density at radius 1 is 1.08 bits per heavy atom. The number of nitrogens with zero attached hydrogens (tertiary/aromatic N) is 5. The van der Waals surface area contributed by atoms with Crippen LogP contribution in [0.25, 0.3) is 16.5 Å². The second-order valence-electron chi connectivity index (χ2n) is 7.83. The van der Waals surface area contributed by atoms with E-state index in [0.29, 0.717) is 27.9 Å². The molecule has 3 heterocycles. The molecule has 0 aliphatic carbocycles. The summed E-state index contributed by atoms with van der Waals surface area (Å²) in [5, 5.41) is 16.0. The van der Waals surface area contributed by atoms with Crippen molar-refractivity contribution in [2.24, 2.45) is 10.7 Å². The fourth-order valence-electron chi connectivity index (χ4n) is 4.04. The Labute approximate surface area is 202 Å². The van der Waals surface area contributed by atoms with Crippen LogP contribution in [0, 0.1) is 11.3 Å². The molecule has 8 nitrogen and oxygen atoms in total. The van der Waals surface area contributed by atoms with Crippen LogP contribution in [0.15, 0.2) is 53.8 Å². The second kappa shape index (κ2) is 8.05. The van der Waals surface area contributed by atoms with E-state index in [1.807, 2.05) is 11.4 Å². The highest BCUT2D eigenvalue weighted by Crippen LogP contribution is 2.42. The molecule has 0 spiro atoms. The van der Waals surface area contributed by atoms with Gasteiger partial charge in [0.25, 0.3) is 5.91 Å². The lowest BCUT2D eigenvalue weighted by molar-refractivity contribution is -0.143. The van der Waals surface area contributed by atoms with Crippen molar-refractivity contribution in [2.75, 3.05) is 5.32 Å². The summed E-state index contributed by atoms with van der Waals surface area (Å²) in [6, 6.07) is 9.13. The van der Waals surface area contributed by atoms with Gasteiger partial charge in [-0.2, -0.15) is 36.7 Å². The molecular weight excluding hydrogens is 504 g/mol. The van der Waals surface area contributed by atoms with E-state index in [-0.39, 0.29) is 28.2 Å². The maximum Gasteiger partial charge on any atom is 0.434 e. The van der Waals surface area contributed by atoms with Crippen LogP contribution in [0.5, 0.6) is 0 Å². The molecule has 2 aromatic carbocycles. The van der Waals surface area contributed by atoms with Gasteiger partial charge in [0.2, 0.25) is 0 Å². The summed E-state index contributed by atoms with van der Waals surface area (Å²) in [4.78, 5) is 20.1. The van der Waals surface area contributed by atoms with Crippen LogP contribution in [-0.2, 0) is 12.4 Å². The molecule has 0 bridgehead atoms. The van der Waals surface area contributed by atoms with Gasteiger partial charge in [-0.1, -0.05) is 18.2 Å². The van der Waals surface area contributed by atoms with Crippen molar-refractivity contribution in [1.29, 1.82) is 5.26 Å². The molecule has 2 aromatic heterocycles. The number of alkyl halides is 6. The van der Waals surface area contributed by atoms with Gasteiger partial charge in [-0.15, -0.1) is 0 Å². The standard InChI is InChI=1S/C23H11F6N7O/c24-22(25,26)16-7-11(4-5-32-16)34-21(37)14-9-33-36(19(14)23(27,28)29)15-6-10(8-30)18-17-12(15)2-1-3-13(17)20(31)35-18/h1-7,9H,(H2,31,35)(H,32,34,37). The van der Waals surface area contributed by atoms with Crippen LogP contribution >= 0.6 is 0 Å². The summed E-state index contributed by atoms with van der Waals surface area (Å²) in [5.74, 6) is -1.27. The number of amides is 1. The van der Waals surface area contributed by atoms with E-state index in [0.717, 1.165) is 18.3 Å². The van der Waals surface area contributed by atoms with E-state index in [1.54, 1.807) is 6.07 Å². The highest BCUT2D eigenvalue weighted by molar-refractivity contribution is 6.20. The first-order chi connectivity index (χ1) is 17.4. The lowest BCUT2D eigenvalue weighted by Gasteiger charge is -2.16. The fourth-order valence-corrected chi connectivity index (χ4v) is 4.04. The Kier molecular flexibility index (Phi) is 5.18. The number of benzene rings is 2. The number of rotatable bonds is 3. The smallest absolute Gasteiger partial charge is 0.383 e. The van der Waals surface area contributed by atoms with Crippen molar-refractivity contribution in [1.82, 2.24) is 14.8 Å². The number of amidine groups is 1. The van der Waals surface area contributed by atoms with Crippen LogP contribution in [0.2, 0.25) is 0 Å². The van der Waals surface area contributed by atoms with Crippen molar-refractivity contribution in [3.63, 3.8) is 0 Å². The average Bonchev–Trinajstić information content (AvgIpc) is 3.42. The van der Waals surface area contributed by atoms with Gasteiger partial charge in [-0.25, -0.2) is 9.67 Å². The number of halogens is 6. The van der Waals surface area contributed by atoms with Crippen molar-refractivity contribution in [2.45, 2.75) is 12.4 Å². The first-order valence-corrected chi connectivity index (χ1v) is 10.2. The molecule has 14 heteroatoms. The first-order valence-electron chi connectivity index (χ1n) is 10.2. The average molecular weight is 515 g/mol. The number of nitrogens with two attached hydrogens (primary N) is 1. The molecule has 186 valence electrons. The monoisotopic (exact) mass is 515 g/mol. The zero-order valence-corrected chi connectivity index (χ0v) is 18.1. The molecule has 0 radical (unpaired) electrons. The van der Waals surface area contributed by atoms with Gasteiger partial charge in [0.05, 0.1) is 28.7 Å². The van der Waals surface area contributed by atoms with Crippen molar-refractivity contribution < 1.29 is 31.1 Å². The van der Waals surface area contributed by atoms with Gasteiger partial charge in [0, 0.05) is 28.2 Å². The van der Waals surface area contributed by atoms with Crippen LogP contribution < -0.4 is 11.1 Å². The normalized spacial score (nSPS) is 12.9. The Bertz CT molecular complexity index is 1680. The molecule has 4 aromatic rings. The molecule has 0 saturated heterocycles. The Morgan fingerprint density at radius 2 is 1.84 bits per heavy atom. The minimum Gasteiger partial charge on any atom is -0.383 e. The van der Waals surface area contributed by atoms with E-state index in [2.05, 4.69) is 15.1 Å². The third-order valence-electron chi connectivity index (χ3n) is 5.56. The Morgan fingerprint density at radius 3 is 2.51 bits per heavy atom. The van der Waals surface area contributed by atoms with Crippen LogP contribution in [0.4, 0.5) is 37.7 Å². The predicted octanol–water partition coefficient (Wildman–Crippen LogP) is 4.93. The summed E-state index contributed by atoms with van der Waals surface area (Å²) >= 11 is 0. The number of nitriles is 1. The third-order valence-corrected chi connectivity index (χ3v) is 5.56. The fraction of sp³-hybridized carbons (Fsp3) is 0.0870. The molecule has 3 N–H and O–H groups in total. The van der Waals surface area contributed by atoms with E-state index >= 15 is 0 Å². The number of carbonyl (C=O) groups is 1. The zero-order chi connectivity index (χ0) is 26.7. The van der Waals surface area contributed by atoms with Crippen LogP contribution in [0.3, 0.4) is 0 Å². The molecule has 1 aliphatic rings. The summed E-state index contributed by atoms with van der Waals surface area (Å²) in [6.45, 7) is 0. The topological polar surface area (TPSA) is 122 Å². The summed E-state index contributed by atoms with van der Waals surface area (Å²) in [5.41, 5.74) is 2.10. The largest absolute Gasteiger partial charge is 0.434 e. The molecule has 1 amide bonds. The number of hydrogen-bond acceptors (Lipinski definition) is 6. The summed E-state index contributed by atoms with van der Waals surface area (Å²) in [6.07, 6.45) is -8.55. The van der Waals surface area contributed by atoms with Crippen molar-refractivity contribution in [3.05, 3.63) is 76.9 Å². The zero-order valence-electron chi connectivity index (χ0n) is 18.1. The maximum absolute atomic E-state index is 14.3. The molecule has 0 unspecified atom stereocenters. The highest BCUT2D eigenvalue weighted by Gasteiger charge is 2.41. The predicted molar refractivity (Wildman–Crippen MR) is 118 cm³/mol. The SMILES string of the molecule is N#Cc1cc(-n2ncc(C(=O)Nc3ccnc(C(F)(F)F)c3)c2C(F)(F)F)c2cccc3c2c1N=C3N. The molecule has 1 aliphatic heterocycles. The minimum atomic E-state index is -5.12. The van der Waals surface area contributed by atoms with Gasteiger partial charge in [-0.05, 0) is 18.2 Å². The van der Waals surface area contributed by atoms with Gasteiger partial charge < -0.3 is 11.1 Å². The number of nitrogens with one attached hydrogen (secondary N) is 1. The van der Waals surface area contributed by atoms with E-state index in [9.17, 15) is 36.4 Å². The van der Waals surface area contributed by atoms with Crippen molar-refractivity contribution >= 4 is 33.9 Å². The summed E-state index contributed by atoms with van der Waals surface area (Å²) < 4.78 is 82.0. The lowest BCUT2D eigenvalue weighted by Crippen LogP contribution is -2.21. The quantitative estimate of drug-likeness (QED) is 0.375. The van der Waals surface area contributed by atoms with Crippen LogP contribution in [0.1, 0.15) is 32.9 Å². The number of carbonyl (C=O) groups excluding carboxylic acids is 1. The molecule has 0 atom stereocenters. The molecule has 37 heavy (non-hydrogen) atoms. The lowest BCUT2D eigenvalue weighted by atomic mass is 9.99. The molecule has 5 rings (SSSR count). The number of anilines is 1. The number of pyridine rings is 1. The molecule has 0 saturated carbocycles. The summed E-state index contributed by atoms with van der Waals surface area (Å²) in [7, 11) is 0. The third kappa shape index (κ3) is 3.90. The maximum atomic E-state index is 14.3. The van der Waals surface area contributed by atoms with E-state index in [4.69, 9.17) is 5.73 Å². The van der Waals surface area contributed by atoms with E-state index < -0.39 is 40.9 Å². The Balaban J connectivity index is 1.66. The van der Waals surface area contributed by atoms with Crippen LogP contribution in [-0.4, -0.2) is 26.5 Å². The number of aliphatic imine (C=N–C) groups is 1. The Hall–Kier alpha value is -4.93. The minimum absolute atomic E-state index is 0.0681. The van der Waals surface area contributed by atoms with Gasteiger partial charge >= 0.3 is 12.4 Å². The number of hydrogen-bond donors (Lipinski definition) is 2. The highest BCUT2D eigenvalue weighted by atomic mass is 19.4.